The molecule has 3 rings (SSSR count). The number of para-hydroxylation sites is 1. The second-order valence-corrected chi connectivity index (χ2v) is 6.76. The van der Waals surface area contributed by atoms with Crippen molar-refractivity contribution >= 4 is 11.6 Å². The fourth-order valence-corrected chi connectivity index (χ4v) is 3.21. The molecule has 0 bridgehead atoms. The predicted molar refractivity (Wildman–Crippen MR) is 85.3 cm³/mol. The van der Waals surface area contributed by atoms with Gasteiger partial charge in [-0.1, -0.05) is 18.2 Å². The number of primary amides is 1. The summed E-state index contributed by atoms with van der Waals surface area (Å²) in [6.07, 6.45) is 4.52. The van der Waals surface area contributed by atoms with Crippen LogP contribution in [0.2, 0.25) is 0 Å². The summed E-state index contributed by atoms with van der Waals surface area (Å²) in [5.74, 6) is -0.260. The first-order chi connectivity index (χ1) is 9.99. The fraction of sp³-hybridized carbons (Fsp3) is 0.588. The van der Waals surface area contributed by atoms with Crippen molar-refractivity contribution < 1.29 is 4.79 Å². The minimum atomic E-state index is -0.667. The summed E-state index contributed by atoms with van der Waals surface area (Å²) in [7, 11) is 0. The van der Waals surface area contributed by atoms with E-state index in [1.54, 1.807) is 0 Å². The average Bonchev–Trinajstić information content (AvgIpc) is 3.26. The summed E-state index contributed by atoms with van der Waals surface area (Å²) in [5, 5.41) is 3.45. The number of carbonyl (C=O) groups excluding carboxylic acids is 1. The van der Waals surface area contributed by atoms with E-state index in [0.717, 1.165) is 25.7 Å². The summed E-state index contributed by atoms with van der Waals surface area (Å²) >= 11 is 0. The van der Waals surface area contributed by atoms with Crippen LogP contribution in [0.5, 0.6) is 0 Å². The number of aryl methyl sites for hydroxylation is 1. The number of anilines is 1. The number of amides is 1. The molecule has 2 unspecified atom stereocenters. The second kappa shape index (κ2) is 5.34. The van der Waals surface area contributed by atoms with E-state index >= 15 is 0 Å². The molecule has 1 amide bonds. The Morgan fingerprint density at radius 1 is 1.38 bits per heavy atom. The number of carbonyl (C=O) groups is 1. The van der Waals surface area contributed by atoms with Crippen molar-refractivity contribution in [1.29, 1.82) is 0 Å². The Morgan fingerprint density at radius 3 is 2.76 bits per heavy atom. The topological polar surface area (TPSA) is 58.4 Å². The van der Waals surface area contributed by atoms with Crippen LogP contribution in [0.3, 0.4) is 0 Å². The Labute approximate surface area is 126 Å². The van der Waals surface area contributed by atoms with Crippen LogP contribution >= 0.6 is 0 Å². The Morgan fingerprint density at radius 2 is 2.10 bits per heavy atom. The average molecular weight is 287 g/mol. The normalized spacial score (nSPS) is 24.3. The monoisotopic (exact) mass is 287 g/mol. The van der Waals surface area contributed by atoms with Crippen LogP contribution in [-0.2, 0) is 11.2 Å². The third kappa shape index (κ3) is 2.91. The molecular formula is C17H25N3O. The molecule has 0 aromatic heterocycles. The molecule has 0 saturated heterocycles. The van der Waals surface area contributed by atoms with Gasteiger partial charge in [-0.05, 0) is 51.2 Å². The highest BCUT2D eigenvalue weighted by molar-refractivity contribution is 5.85. The minimum absolute atomic E-state index is 0.260. The van der Waals surface area contributed by atoms with Crippen molar-refractivity contribution in [3.05, 3.63) is 29.8 Å². The Bertz CT molecular complexity index is 541. The Balaban J connectivity index is 1.86. The van der Waals surface area contributed by atoms with Crippen molar-refractivity contribution in [2.24, 2.45) is 5.73 Å². The maximum absolute atomic E-state index is 12.0. The molecule has 21 heavy (non-hydrogen) atoms. The molecule has 114 valence electrons. The van der Waals surface area contributed by atoms with Crippen molar-refractivity contribution in [2.45, 2.75) is 57.2 Å². The molecule has 2 atom stereocenters. The van der Waals surface area contributed by atoms with Crippen LogP contribution in [0.1, 0.15) is 38.7 Å². The lowest BCUT2D eigenvalue weighted by Crippen LogP contribution is -2.62. The quantitative estimate of drug-likeness (QED) is 0.868. The fourth-order valence-electron chi connectivity index (χ4n) is 3.21. The van der Waals surface area contributed by atoms with Crippen molar-refractivity contribution in [3.8, 4) is 0 Å². The van der Waals surface area contributed by atoms with Crippen molar-refractivity contribution in [3.63, 3.8) is 0 Å². The van der Waals surface area contributed by atoms with E-state index in [9.17, 15) is 4.79 Å². The van der Waals surface area contributed by atoms with E-state index in [-0.39, 0.29) is 5.91 Å². The van der Waals surface area contributed by atoms with Crippen LogP contribution in [0.15, 0.2) is 24.3 Å². The highest BCUT2D eigenvalue weighted by Gasteiger charge is 2.40. The van der Waals surface area contributed by atoms with Gasteiger partial charge in [-0.15, -0.1) is 0 Å². The number of nitrogens with two attached hydrogens (primary N) is 1. The molecule has 1 aliphatic heterocycles. The number of hydrogen-bond donors (Lipinski definition) is 2. The zero-order valence-corrected chi connectivity index (χ0v) is 12.9. The molecule has 3 N–H and O–H groups in total. The molecular weight excluding hydrogens is 262 g/mol. The van der Waals surface area contributed by atoms with Gasteiger partial charge < -0.3 is 10.6 Å². The first-order valence-electron chi connectivity index (χ1n) is 7.92. The van der Waals surface area contributed by atoms with Gasteiger partial charge in [-0.25, -0.2) is 0 Å². The molecule has 0 radical (unpaired) electrons. The largest absolute Gasteiger partial charge is 0.368 e. The number of benzene rings is 1. The third-order valence-electron chi connectivity index (χ3n) is 4.80. The highest BCUT2D eigenvalue weighted by atomic mass is 16.1. The van der Waals surface area contributed by atoms with Gasteiger partial charge in [-0.3, -0.25) is 10.1 Å². The summed E-state index contributed by atoms with van der Waals surface area (Å²) < 4.78 is 0. The molecule has 2 aliphatic rings. The van der Waals surface area contributed by atoms with E-state index in [4.69, 9.17) is 5.73 Å². The van der Waals surface area contributed by atoms with Gasteiger partial charge in [0.05, 0.1) is 0 Å². The molecule has 4 heteroatoms. The standard InChI is InChI=1S/C17H25N3O/c1-12-7-8-13-5-3-4-6-15(13)20(12)11-17(2,16(18)21)19-14-9-10-14/h3-6,12,14,19H,7-11H2,1-2H3,(H2,18,21). The summed E-state index contributed by atoms with van der Waals surface area (Å²) in [5.41, 5.74) is 7.66. The van der Waals surface area contributed by atoms with Gasteiger partial charge in [0.25, 0.3) is 0 Å². The summed E-state index contributed by atoms with van der Waals surface area (Å²) in [6.45, 7) is 4.81. The number of hydrogen-bond acceptors (Lipinski definition) is 3. The van der Waals surface area contributed by atoms with Crippen LogP contribution in [0, 0.1) is 0 Å². The van der Waals surface area contributed by atoms with Crippen molar-refractivity contribution in [2.75, 3.05) is 11.4 Å². The Hall–Kier alpha value is -1.55. The van der Waals surface area contributed by atoms with Crippen LogP contribution in [0.4, 0.5) is 5.69 Å². The van der Waals surface area contributed by atoms with E-state index in [1.165, 1.54) is 11.3 Å². The van der Waals surface area contributed by atoms with Crippen LogP contribution in [-0.4, -0.2) is 30.1 Å². The highest BCUT2D eigenvalue weighted by Crippen LogP contribution is 2.32. The zero-order chi connectivity index (χ0) is 15.0. The summed E-state index contributed by atoms with van der Waals surface area (Å²) in [6, 6.07) is 9.38. The number of rotatable bonds is 5. The number of fused-ring (bicyclic) bond motifs is 1. The molecule has 1 aromatic rings. The molecule has 0 spiro atoms. The van der Waals surface area contributed by atoms with Gasteiger partial charge in [0.15, 0.2) is 0 Å². The van der Waals surface area contributed by atoms with E-state index < -0.39 is 5.54 Å². The molecule has 1 heterocycles. The number of nitrogens with zero attached hydrogens (tertiary/aromatic N) is 1. The van der Waals surface area contributed by atoms with Gasteiger partial charge in [0, 0.05) is 24.3 Å². The number of nitrogens with one attached hydrogen (secondary N) is 1. The van der Waals surface area contributed by atoms with Crippen LogP contribution < -0.4 is 16.0 Å². The van der Waals surface area contributed by atoms with Crippen molar-refractivity contribution in [1.82, 2.24) is 5.32 Å². The predicted octanol–water partition coefficient (Wildman–Crippen LogP) is 1.82. The zero-order valence-electron chi connectivity index (χ0n) is 12.9. The molecule has 1 aliphatic carbocycles. The van der Waals surface area contributed by atoms with E-state index in [0.29, 0.717) is 18.6 Å². The van der Waals surface area contributed by atoms with E-state index in [2.05, 4.69) is 41.4 Å². The maximum Gasteiger partial charge on any atom is 0.239 e. The minimum Gasteiger partial charge on any atom is -0.368 e. The maximum atomic E-state index is 12.0. The SMILES string of the molecule is CC1CCc2ccccc2N1CC(C)(NC1CC1)C(N)=O. The lowest BCUT2D eigenvalue weighted by Gasteiger charge is -2.42. The second-order valence-electron chi connectivity index (χ2n) is 6.76. The molecule has 4 nitrogen and oxygen atoms in total. The Kier molecular flexibility index (Phi) is 3.66. The van der Waals surface area contributed by atoms with Gasteiger partial charge in [0.2, 0.25) is 5.91 Å². The van der Waals surface area contributed by atoms with Gasteiger partial charge in [-0.2, -0.15) is 0 Å². The van der Waals surface area contributed by atoms with E-state index in [1.807, 2.05) is 6.92 Å². The molecule has 1 aromatic carbocycles. The first-order valence-corrected chi connectivity index (χ1v) is 7.92. The summed E-state index contributed by atoms with van der Waals surface area (Å²) in [4.78, 5) is 14.4. The first kappa shape index (κ1) is 14.4. The van der Waals surface area contributed by atoms with Crippen LogP contribution in [0.25, 0.3) is 0 Å². The lowest BCUT2D eigenvalue weighted by molar-refractivity contribution is -0.123. The molecule has 1 saturated carbocycles. The lowest BCUT2D eigenvalue weighted by atomic mass is 9.92. The smallest absolute Gasteiger partial charge is 0.239 e. The third-order valence-corrected chi connectivity index (χ3v) is 4.80. The van der Waals surface area contributed by atoms with Gasteiger partial charge >= 0.3 is 0 Å². The molecule has 1 fully saturated rings. The van der Waals surface area contributed by atoms with Gasteiger partial charge in [0.1, 0.15) is 5.54 Å².